The van der Waals surface area contributed by atoms with Crippen LogP contribution < -0.4 is 15.9 Å². The van der Waals surface area contributed by atoms with Crippen molar-refractivity contribution in [3.05, 3.63) is 114 Å². The molecular weight excluding hydrogens is 507 g/mol. The van der Waals surface area contributed by atoms with Crippen LogP contribution in [0.25, 0.3) is 0 Å². The summed E-state index contributed by atoms with van der Waals surface area (Å²) in [4.78, 5) is 24.6. The second kappa shape index (κ2) is 15.1. The van der Waals surface area contributed by atoms with Crippen LogP contribution in [-0.2, 0) is 9.59 Å². The number of benzene rings is 3. The van der Waals surface area contributed by atoms with E-state index in [9.17, 15) is 9.59 Å². The summed E-state index contributed by atoms with van der Waals surface area (Å²) in [5.41, 5.74) is 1.34. The van der Waals surface area contributed by atoms with Gasteiger partial charge in [-0.25, -0.2) is 0 Å². The van der Waals surface area contributed by atoms with Crippen LogP contribution in [0.15, 0.2) is 114 Å². The van der Waals surface area contributed by atoms with Gasteiger partial charge >= 0.3 is 196 Å². The van der Waals surface area contributed by atoms with Crippen molar-refractivity contribution in [1.82, 2.24) is 0 Å². The molecule has 0 spiro atoms. The van der Waals surface area contributed by atoms with Crippen LogP contribution in [0, 0.1) is 5.92 Å². The van der Waals surface area contributed by atoms with Gasteiger partial charge in [-0.1, -0.05) is 13.8 Å². The van der Waals surface area contributed by atoms with Crippen LogP contribution in [0.3, 0.4) is 0 Å². The topological polar surface area (TPSA) is 34.1 Å². The summed E-state index contributed by atoms with van der Waals surface area (Å²) in [5, 5.41) is 4.49. The van der Waals surface area contributed by atoms with Gasteiger partial charge in [-0.05, 0) is 12.0 Å². The molecule has 0 amide bonds. The molecule has 0 radical (unpaired) electrons. The minimum atomic E-state index is -2.11. The van der Waals surface area contributed by atoms with E-state index < -0.39 is 7.26 Å². The molecule has 0 heterocycles. The van der Waals surface area contributed by atoms with Gasteiger partial charge in [0.15, 0.2) is 5.78 Å². The molecule has 3 aromatic carbocycles. The Morgan fingerprint density at radius 1 is 0.525 bits per heavy atom. The molecule has 0 fully saturated rings. The second-order valence-corrected chi connectivity index (χ2v) is 15.5. The number of hydrogen-bond acceptors (Lipinski definition) is 2. The zero-order valence-electron chi connectivity index (χ0n) is 24.3. The first kappa shape index (κ1) is 29.9. The smallest absolute Gasteiger partial charge is 0.290 e. The van der Waals surface area contributed by atoms with Gasteiger partial charge in [0.1, 0.15) is 0 Å². The van der Waals surface area contributed by atoms with Crippen molar-refractivity contribution in [2.75, 3.05) is 6.16 Å². The zero-order valence-corrected chi connectivity index (χ0v) is 25.3. The van der Waals surface area contributed by atoms with E-state index in [0.717, 1.165) is 19.3 Å². The fraction of sp³-hybridized carbons (Fsp3) is 0.351. The fourth-order valence-corrected chi connectivity index (χ4v) is 11.1. The molecule has 0 saturated heterocycles. The number of hydrogen-bond donors (Lipinski definition) is 0. The van der Waals surface area contributed by atoms with Gasteiger partial charge in [-0.15, -0.1) is 0 Å². The van der Waals surface area contributed by atoms with E-state index in [-0.39, 0.29) is 17.5 Å². The van der Waals surface area contributed by atoms with Crippen molar-refractivity contribution < 1.29 is 9.59 Å². The van der Waals surface area contributed by atoms with Crippen LogP contribution in [-0.4, -0.2) is 17.7 Å². The first-order valence-corrected chi connectivity index (χ1v) is 17.4. The number of rotatable bonds is 15. The first-order valence-electron chi connectivity index (χ1n) is 15.2. The summed E-state index contributed by atoms with van der Waals surface area (Å²) < 4.78 is 0. The third kappa shape index (κ3) is 7.55. The molecule has 0 atom stereocenters. The SMILES string of the molecule is CC(C)C1=CC(=O)C(CCCCCCCCCC[PH](c2ccccc2)(c2ccccc2)c2ccccc2)=CC1=O. The van der Waals surface area contributed by atoms with Crippen LogP contribution >= 0.6 is 7.26 Å². The minimum Gasteiger partial charge on any atom is -0.290 e. The van der Waals surface area contributed by atoms with E-state index in [1.807, 2.05) is 13.8 Å². The average Bonchev–Trinajstić information content (AvgIpc) is 2.99. The Morgan fingerprint density at radius 2 is 0.950 bits per heavy atom. The summed E-state index contributed by atoms with van der Waals surface area (Å²) in [6.07, 6.45) is 14.6. The van der Waals surface area contributed by atoms with Crippen LogP contribution in [0.1, 0.15) is 71.6 Å². The third-order valence-corrected chi connectivity index (χ3v) is 13.4. The predicted octanol–water partition coefficient (Wildman–Crippen LogP) is 7.88. The maximum atomic E-state index is 12.4. The summed E-state index contributed by atoms with van der Waals surface area (Å²) >= 11 is 0. The van der Waals surface area contributed by atoms with Crippen molar-refractivity contribution in [2.45, 2.75) is 71.6 Å². The van der Waals surface area contributed by atoms with E-state index in [1.54, 1.807) is 12.2 Å². The Bertz CT molecular complexity index is 1190. The molecule has 210 valence electrons. The Kier molecular flexibility index (Phi) is 11.2. The van der Waals surface area contributed by atoms with E-state index >= 15 is 0 Å². The summed E-state index contributed by atoms with van der Waals surface area (Å²) in [5.74, 6) is 0.149. The Hall–Kier alpha value is -3.09. The van der Waals surface area contributed by atoms with Gasteiger partial charge in [0.2, 0.25) is 0 Å². The van der Waals surface area contributed by atoms with Crippen LogP contribution in [0.4, 0.5) is 0 Å². The van der Waals surface area contributed by atoms with Crippen molar-refractivity contribution in [2.24, 2.45) is 5.92 Å². The van der Waals surface area contributed by atoms with Gasteiger partial charge in [0.25, 0.3) is 0 Å². The Balaban J connectivity index is 1.25. The van der Waals surface area contributed by atoms with Crippen molar-refractivity contribution in [1.29, 1.82) is 0 Å². The molecular formula is C37H45O2P. The Labute approximate surface area is 242 Å². The predicted molar refractivity (Wildman–Crippen MR) is 174 cm³/mol. The molecule has 4 rings (SSSR count). The van der Waals surface area contributed by atoms with E-state index in [0.29, 0.717) is 11.1 Å². The average molecular weight is 553 g/mol. The molecule has 3 heteroatoms. The summed E-state index contributed by atoms with van der Waals surface area (Å²) in [6.45, 7) is 3.92. The molecule has 0 unspecified atom stereocenters. The molecule has 0 N–H and O–H groups in total. The van der Waals surface area contributed by atoms with Crippen molar-refractivity contribution in [3.8, 4) is 0 Å². The van der Waals surface area contributed by atoms with E-state index in [4.69, 9.17) is 0 Å². The van der Waals surface area contributed by atoms with Gasteiger partial charge in [0, 0.05) is 5.57 Å². The molecule has 1 aliphatic rings. The molecule has 0 aliphatic heterocycles. The van der Waals surface area contributed by atoms with Crippen LogP contribution in [0.2, 0.25) is 0 Å². The third-order valence-electron chi connectivity index (χ3n) is 8.36. The number of carbonyl (C=O) groups excluding carboxylic acids is 2. The minimum absolute atomic E-state index is 0.0171. The van der Waals surface area contributed by atoms with Gasteiger partial charge < -0.3 is 0 Å². The number of carbonyl (C=O) groups is 2. The zero-order chi connectivity index (χ0) is 28.2. The normalized spacial score (nSPS) is 14.3. The number of unbranched alkanes of at least 4 members (excludes halogenated alkanes) is 7. The monoisotopic (exact) mass is 552 g/mol. The summed E-state index contributed by atoms with van der Waals surface area (Å²) in [6, 6.07) is 33.6. The number of ketones is 2. The molecule has 2 nitrogen and oxygen atoms in total. The van der Waals surface area contributed by atoms with E-state index in [1.165, 1.54) is 60.6 Å². The molecule has 0 bridgehead atoms. The molecule has 40 heavy (non-hydrogen) atoms. The molecule has 0 saturated carbocycles. The quantitative estimate of drug-likeness (QED) is 0.109. The van der Waals surface area contributed by atoms with Gasteiger partial charge in [-0.2, -0.15) is 0 Å². The second-order valence-electron chi connectivity index (χ2n) is 11.5. The van der Waals surface area contributed by atoms with Gasteiger partial charge in [-0.3, -0.25) is 9.59 Å². The first-order chi connectivity index (χ1) is 19.5. The number of allylic oxidation sites excluding steroid dienone is 4. The molecule has 1 aliphatic carbocycles. The standard InChI is InChI=1S/C37H45O2P/c1-30(2)35-29-36(38)31(28-37(35)39)20-12-7-5-3-4-6-8-19-27-40(32-21-13-9-14-22-32,33-23-15-10-16-24-33)34-25-17-11-18-26-34/h9-11,13-18,21-26,28-30,40H,3-8,12,19-20,27H2,1-2H3. The van der Waals surface area contributed by atoms with E-state index in [2.05, 4.69) is 91.0 Å². The molecule has 3 aromatic rings. The van der Waals surface area contributed by atoms with Crippen LogP contribution in [0.5, 0.6) is 0 Å². The molecule has 0 aromatic heterocycles. The Morgan fingerprint density at radius 3 is 1.40 bits per heavy atom. The fourth-order valence-electron chi connectivity index (χ4n) is 6.13. The van der Waals surface area contributed by atoms with Crippen molar-refractivity contribution in [3.63, 3.8) is 0 Å². The maximum absolute atomic E-state index is 12.4. The summed E-state index contributed by atoms with van der Waals surface area (Å²) in [7, 11) is -2.11. The van der Waals surface area contributed by atoms with Crippen molar-refractivity contribution >= 4 is 34.7 Å². The van der Waals surface area contributed by atoms with Gasteiger partial charge in [0.05, 0.1) is 0 Å².